The van der Waals surface area contributed by atoms with Crippen molar-refractivity contribution in [3.8, 4) is 0 Å². The third kappa shape index (κ3) is 2.35. The summed E-state index contributed by atoms with van der Waals surface area (Å²) in [7, 11) is 0. The number of hydrogen-bond donors (Lipinski definition) is 3. The molecule has 0 bridgehead atoms. The molecule has 6 nitrogen and oxygen atoms in total. The highest BCUT2D eigenvalue weighted by atomic mass is 32.2. The lowest BCUT2D eigenvalue weighted by Gasteiger charge is -2.15. The first-order valence-corrected chi connectivity index (χ1v) is 5.87. The van der Waals surface area contributed by atoms with E-state index >= 15 is 0 Å². The zero-order valence-corrected chi connectivity index (χ0v) is 9.50. The Morgan fingerprint density at radius 3 is 3.12 bits per heavy atom. The first kappa shape index (κ1) is 11.0. The van der Waals surface area contributed by atoms with Crippen molar-refractivity contribution in [1.29, 1.82) is 0 Å². The van der Waals surface area contributed by atoms with Gasteiger partial charge in [-0.2, -0.15) is 5.10 Å². The Morgan fingerprint density at radius 2 is 2.56 bits per heavy atom. The summed E-state index contributed by atoms with van der Waals surface area (Å²) in [4.78, 5) is 22.7. The number of rotatable bonds is 3. The standard InChI is InChI=1S/C9H12N4O2S/c1-5(6-2-10-11-3-6)12-8(14)7-4-16-9(15)13-7/h2-3,5,7H,4H2,1H3,(H,10,11)(H,12,14)(H,13,15). The van der Waals surface area contributed by atoms with Gasteiger partial charge in [-0.05, 0) is 6.92 Å². The molecule has 16 heavy (non-hydrogen) atoms. The monoisotopic (exact) mass is 240 g/mol. The molecule has 0 spiro atoms. The lowest BCUT2D eigenvalue weighted by atomic mass is 10.2. The number of H-pyrrole nitrogens is 1. The van der Waals surface area contributed by atoms with Crippen LogP contribution in [0.2, 0.25) is 0 Å². The third-order valence-corrected chi connectivity index (χ3v) is 3.25. The molecule has 1 fully saturated rings. The molecule has 0 radical (unpaired) electrons. The van der Waals surface area contributed by atoms with Gasteiger partial charge < -0.3 is 10.6 Å². The number of hydrogen-bond acceptors (Lipinski definition) is 4. The molecular formula is C9H12N4O2S. The zero-order chi connectivity index (χ0) is 11.5. The third-order valence-electron chi connectivity index (χ3n) is 2.37. The summed E-state index contributed by atoms with van der Waals surface area (Å²) >= 11 is 1.13. The molecular weight excluding hydrogens is 228 g/mol. The van der Waals surface area contributed by atoms with Crippen LogP contribution >= 0.6 is 11.8 Å². The van der Waals surface area contributed by atoms with Crippen LogP contribution in [-0.4, -0.2) is 33.1 Å². The van der Waals surface area contributed by atoms with E-state index in [1.165, 1.54) is 0 Å². The molecule has 7 heteroatoms. The molecule has 1 aromatic rings. The molecule has 2 amide bonds. The average molecular weight is 240 g/mol. The molecule has 1 aliphatic heterocycles. The van der Waals surface area contributed by atoms with Gasteiger partial charge in [0.25, 0.3) is 5.24 Å². The second kappa shape index (κ2) is 4.56. The van der Waals surface area contributed by atoms with Crippen molar-refractivity contribution in [2.45, 2.75) is 19.0 Å². The second-order valence-corrected chi connectivity index (χ2v) is 4.55. The fourth-order valence-corrected chi connectivity index (χ4v) is 2.20. The van der Waals surface area contributed by atoms with E-state index in [-0.39, 0.29) is 17.2 Å². The first-order chi connectivity index (χ1) is 7.66. The van der Waals surface area contributed by atoms with E-state index < -0.39 is 6.04 Å². The lowest BCUT2D eigenvalue weighted by molar-refractivity contribution is -0.122. The van der Waals surface area contributed by atoms with E-state index in [1.807, 2.05) is 6.92 Å². The molecule has 0 aromatic carbocycles. The minimum atomic E-state index is -0.424. The van der Waals surface area contributed by atoms with Gasteiger partial charge in [0.2, 0.25) is 5.91 Å². The number of thioether (sulfide) groups is 1. The number of carbonyl (C=O) groups excluding carboxylic acids is 2. The highest BCUT2D eigenvalue weighted by Crippen LogP contribution is 2.15. The van der Waals surface area contributed by atoms with Gasteiger partial charge >= 0.3 is 0 Å². The van der Waals surface area contributed by atoms with Gasteiger partial charge in [-0.1, -0.05) is 11.8 Å². The lowest BCUT2D eigenvalue weighted by Crippen LogP contribution is -2.43. The maximum Gasteiger partial charge on any atom is 0.279 e. The van der Waals surface area contributed by atoms with Crippen molar-refractivity contribution in [2.24, 2.45) is 0 Å². The van der Waals surface area contributed by atoms with Crippen LogP contribution in [-0.2, 0) is 4.79 Å². The number of aromatic amines is 1. The Kier molecular flexibility index (Phi) is 3.14. The van der Waals surface area contributed by atoms with E-state index in [2.05, 4.69) is 20.8 Å². The molecule has 3 N–H and O–H groups in total. The number of aromatic nitrogens is 2. The number of amides is 2. The molecule has 2 heterocycles. The Labute approximate surface area is 96.6 Å². The topological polar surface area (TPSA) is 86.9 Å². The molecule has 2 atom stereocenters. The normalized spacial score (nSPS) is 21.6. The maximum absolute atomic E-state index is 11.7. The molecule has 0 saturated carbocycles. The van der Waals surface area contributed by atoms with Gasteiger partial charge in [0.05, 0.1) is 12.2 Å². The van der Waals surface area contributed by atoms with Gasteiger partial charge in [-0.3, -0.25) is 14.7 Å². The van der Waals surface area contributed by atoms with Crippen LogP contribution in [0.4, 0.5) is 4.79 Å². The molecule has 0 aliphatic carbocycles. The Morgan fingerprint density at radius 1 is 1.75 bits per heavy atom. The first-order valence-electron chi connectivity index (χ1n) is 4.89. The molecule has 1 saturated heterocycles. The Hall–Kier alpha value is -1.50. The van der Waals surface area contributed by atoms with Crippen molar-refractivity contribution in [3.05, 3.63) is 18.0 Å². The highest BCUT2D eigenvalue weighted by Gasteiger charge is 2.28. The van der Waals surface area contributed by atoms with Crippen LogP contribution in [0, 0.1) is 0 Å². The Bertz CT molecular complexity index is 392. The van der Waals surface area contributed by atoms with E-state index in [4.69, 9.17) is 0 Å². The largest absolute Gasteiger partial charge is 0.348 e. The highest BCUT2D eigenvalue weighted by molar-refractivity contribution is 8.14. The van der Waals surface area contributed by atoms with Crippen LogP contribution in [0.15, 0.2) is 12.4 Å². The van der Waals surface area contributed by atoms with E-state index in [0.29, 0.717) is 5.75 Å². The van der Waals surface area contributed by atoms with Crippen LogP contribution < -0.4 is 10.6 Å². The average Bonchev–Trinajstić information content (AvgIpc) is 2.87. The molecule has 1 aliphatic rings. The Balaban J connectivity index is 1.90. The quantitative estimate of drug-likeness (QED) is 0.714. The molecule has 1 aromatic heterocycles. The summed E-state index contributed by atoms with van der Waals surface area (Å²) in [6, 6.07) is -0.541. The van der Waals surface area contributed by atoms with Crippen molar-refractivity contribution < 1.29 is 9.59 Å². The number of nitrogens with zero attached hydrogens (tertiary/aromatic N) is 1. The van der Waals surface area contributed by atoms with Crippen molar-refractivity contribution in [2.75, 3.05) is 5.75 Å². The van der Waals surface area contributed by atoms with Gasteiger partial charge in [-0.15, -0.1) is 0 Å². The summed E-state index contributed by atoms with van der Waals surface area (Å²) in [5, 5.41) is 11.8. The fourth-order valence-electron chi connectivity index (χ4n) is 1.42. The molecule has 86 valence electrons. The van der Waals surface area contributed by atoms with Gasteiger partial charge in [-0.25, -0.2) is 0 Å². The summed E-state index contributed by atoms with van der Waals surface area (Å²) in [6.07, 6.45) is 3.39. The molecule has 2 unspecified atom stereocenters. The van der Waals surface area contributed by atoms with E-state index in [0.717, 1.165) is 17.3 Å². The summed E-state index contributed by atoms with van der Waals surface area (Å²) in [6.45, 7) is 1.87. The second-order valence-electron chi connectivity index (χ2n) is 3.56. The maximum atomic E-state index is 11.7. The number of nitrogens with one attached hydrogen (secondary N) is 3. The summed E-state index contributed by atoms with van der Waals surface area (Å²) < 4.78 is 0. The van der Waals surface area contributed by atoms with Crippen molar-refractivity contribution in [3.63, 3.8) is 0 Å². The van der Waals surface area contributed by atoms with Crippen LogP contribution in [0.1, 0.15) is 18.5 Å². The zero-order valence-electron chi connectivity index (χ0n) is 8.69. The minimum Gasteiger partial charge on any atom is -0.348 e. The van der Waals surface area contributed by atoms with E-state index in [9.17, 15) is 9.59 Å². The fraction of sp³-hybridized carbons (Fsp3) is 0.444. The minimum absolute atomic E-state index is 0.117. The van der Waals surface area contributed by atoms with Crippen molar-refractivity contribution >= 4 is 22.9 Å². The van der Waals surface area contributed by atoms with Crippen LogP contribution in [0.5, 0.6) is 0 Å². The summed E-state index contributed by atoms with van der Waals surface area (Å²) in [5.41, 5.74) is 0.908. The van der Waals surface area contributed by atoms with E-state index in [1.54, 1.807) is 12.4 Å². The molecule has 2 rings (SSSR count). The van der Waals surface area contributed by atoms with Crippen LogP contribution in [0.3, 0.4) is 0 Å². The SMILES string of the molecule is CC(NC(=O)C1CSC(=O)N1)c1cn[nH]c1. The van der Waals surface area contributed by atoms with Gasteiger partial charge in [0.15, 0.2) is 0 Å². The smallest absolute Gasteiger partial charge is 0.279 e. The van der Waals surface area contributed by atoms with Gasteiger partial charge in [0, 0.05) is 17.5 Å². The predicted molar refractivity (Wildman–Crippen MR) is 59.9 cm³/mol. The number of carbonyl (C=O) groups is 2. The predicted octanol–water partition coefficient (Wildman–Crippen LogP) is 0.412. The van der Waals surface area contributed by atoms with Crippen LogP contribution in [0.25, 0.3) is 0 Å². The van der Waals surface area contributed by atoms with Gasteiger partial charge in [0.1, 0.15) is 6.04 Å². The summed E-state index contributed by atoms with van der Waals surface area (Å²) in [5.74, 6) is 0.329. The van der Waals surface area contributed by atoms with Crippen molar-refractivity contribution in [1.82, 2.24) is 20.8 Å².